The van der Waals surface area contributed by atoms with Crippen LogP contribution in [-0.4, -0.2) is 49.8 Å². The molecule has 0 aromatic heterocycles. The highest BCUT2D eigenvalue weighted by molar-refractivity contribution is 4.80. The Kier molecular flexibility index (Phi) is 6.62. The molecule has 2 unspecified atom stereocenters. The zero-order chi connectivity index (χ0) is 13.5. The predicted octanol–water partition coefficient (Wildman–Crippen LogP) is 2.66. The third kappa shape index (κ3) is 5.05. The fraction of sp³-hybridized carbons (Fsp3) is 1.00. The molecule has 3 heteroatoms. The van der Waals surface area contributed by atoms with Crippen LogP contribution in [0.1, 0.15) is 52.4 Å². The van der Waals surface area contributed by atoms with Crippen molar-refractivity contribution in [2.24, 2.45) is 5.92 Å². The van der Waals surface area contributed by atoms with Gasteiger partial charge in [0.1, 0.15) is 0 Å². The average molecular weight is 268 g/mol. The Morgan fingerprint density at radius 3 is 2.74 bits per heavy atom. The molecule has 1 heterocycles. The molecule has 1 aliphatic heterocycles. The van der Waals surface area contributed by atoms with Gasteiger partial charge in [0, 0.05) is 19.1 Å². The van der Waals surface area contributed by atoms with Crippen molar-refractivity contribution in [2.75, 3.05) is 32.8 Å². The van der Waals surface area contributed by atoms with Gasteiger partial charge in [0.25, 0.3) is 0 Å². The van der Waals surface area contributed by atoms with E-state index < -0.39 is 0 Å². The van der Waals surface area contributed by atoms with Crippen LogP contribution in [0.2, 0.25) is 0 Å². The molecule has 19 heavy (non-hydrogen) atoms. The lowest BCUT2D eigenvalue weighted by atomic mass is 9.91. The minimum absolute atomic E-state index is 0.558. The number of hydrogen-bond acceptors (Lipinski definition) is 3. The molecule has 0 spiro atoms. The van der Waals surface area contributed by atoms with Gasteiger partial charge >= 0.3 is 0 Å². The summed E-state index contributed by atoms with van der Waals surface area (Å²) in [7, 11) is 0. The maximum atomic E-state index is 5.91. The van der Waals surface area contributed by atoms with Gasteiger partial charge in [-0.2, -0.15) is 0 Å². The van der Waals surface area contributed by atoms with Gasteiger partial charge in [-0.15, -0.1) is 0 Å². The number of rotatable bonds is 7. The summed E-state index contributed by atoms with van der Waals surface area (Å²) in [5.41, 5.74) is 0. The Morgan fingerprint density at radius 2 is 2.00 bits per heavy atom. The van der Waals surface area contributed by atoms with Gasteiger partial charge in [0.2, 0.25) is 0 Å². The van der Waals surface area contributed by atoms with Crippen molar-refractivity contribution < 1.29 is 4.74 Å². The van der Waals surface area contributed by atoms with Gasteiger partial charge in [-0.05, 0) is 51.6 Å². The zero-order valence-electron chi connectivity index (χ0n) is 12.9. The molecule has 2 fully saturated rings. The van der Waals surface area contributed by atoms with Crippen molar-refractivity contribution in [2.45, 2.75) is 64.5 Å². The lowest BCUT2D eigenvalue weighted by Crippen LogP contribution is -2.45. The molecule has 1 aliphatic carbocycles. The van der Waals surface area contributed by atoms with Gasteiger partial charge in [-0.1, -0.05) is 19.8 Å². The fourth-order valence-electron chi connectivity index (χ4n) is 3.52. The van der Waals surface area contributed by atoms with Crippen LogP contribution in [0.4, 0.5) is 0 Å². The van der Waals surface area contributed by atoms with Crippen molar-refractivity contribution in [3.05, 3.63) is 0 Å². The van der Waals surface area contributed by atoms with Gasteiger partial charge in [-0.25, -0.2) is 0 Å². The van der Waals surface area contributed by atoms with Gasteiger partial charge in [0.05, 0.1) is 12.7 Å². The van der Waals surface area contributed by atoms with E-state index >= 15 is 0 Å². The smallest absolute Gasteiger partial charge is 0.0594 e. The van der Waals surface area contributed by atoms with Crippen molar-refractivity contribution in [3.8, 4) is 0 Å². The van der Waals surface area contributed by atoms with Crippen molar-refractivity contribution in [1.82, 2.24) is 10.2 Å². The Balaban J connectivity index is 1.56. The number of piperidine rings is 1. The lowest BCUT2D eigenvalue weighted by molar-refractivity contribution is 0.0569. The molecule has 2 atom stereocenters. The molecule has 0 aromatic carbocycles. The summed E-state index contributed by atoms with van der Waals surface area (Å²) < 4.78 is 5.91. The normalized spacial score (nSPS) is 27.8. The van der Waals surface area contributed by atoms with Crippen molar-refractivity contribution >= 4 is 0 Å². The zero-order valence-corrected chi connectivity index (χ0v) is 12.9. The van der Waals surface area contributed by atoms with Crippen LogP contribution in [0.3, 0.4) is 0 Å². The Hall–Kier alpha value is -0.120. The number of likely N-dealkylation sites (tertiary alicyclic amines) is 1. The van der Waals surface area contributed by atoms with E-state index in [9.17, 15) is 0 Å². The van der Waals surface area contributed by atoms with Gasteiger partial charge < -0.3 is 15.0 Å². The summed E-state index contributed by atoms with van der Waals surface area (Å²) in [5.74, 6) is 0.820. The minimum Gasteiger partial charge on any atom is -0.377 e. The summed E-state index contributed by atoms with van der Waals surface area (Å²) in [4.78, 5) is 2.58. The second-order valence-corrected chi connectivity index (χ2v) is 6.32. The Morgan fingerprint density at radius 1 is 1.21 bits per heavy atom. The largest absolute Gasteiger partial charge is 0.377 e. The molecule has 0 aromatic rings. The van der Waals surface area contributed by atoms with E-state index in [-0.39, 0.29) is 0 Å². The Labute approximate surface area is 119 Å². The first-order valence-corrected chi connectivity index (χ1v) is 8.37. The van der Waals surface area contributed by atoms with Crippen LogP contribution in [0.15, 0.2) is 0 Å². The average Bonchev–Trinajstić information content (AvgIpc) is 2.96. The highest BCUT2D eigenvalue weighted by atomic mass is 16.5. The fourth-order valence-corrected chi connectivity index (χ4v) is 3.52. The van der Waals surface area contributed by atoms with Crippen molar-refractivity contribution in [1.29, 1.82) is 0 Å². The van der Waals surface area contributed by atoms with E-state index in [0.717, 1.165) is 19.1 Å². The maximum absolute atomic E-state index is 5.91. The van der Waals surface area contributed by atoms with Crippen LogP contribution in [-0.2, 0) is 4.74 Å². The van der Waals surface area contributed by atoms with E-state index in [1.807, 2.05) is 0 Å². The third-order valence-electron chi connectivity index (χ3n) is 4.92. The molecule has 2 aliphatic rings. The molecule has 3 nitrogen and oxygen atoms in total. The molecule has 0 bridgehead atoms. The summed E-state index contributed by atoms with van der Waals surface area (Å²) in [6.45, 7) is 10.3. The summed E-state index contributed by atoms with van der Waals surface area (Å²) in [6.07, 6.45) is 8.60. The molecule has 1 N–H and O–H groups in total. The monoisotopic (exact) mass is 268 g/mol. The maximum Gasteiger partial charge on any atom is 0.0594 e. The topological polar surface area (TPSA) is 24.5 Å². The minimum atomic E-state index is 0.558. The second kappa shape index (κ2) is 8.23. The molecule has 0 amide bonds. The van der Waals surface area contributed by atoms with Crippen molar-refractivity contribution in [3.63, 3.8) is 0 Å². The summed E-state index contributed by atoms with van der Waals surface area (Å²) >= 11 is 0. The first-order valence-electron chi connectivity index (χ1n) is 8.37. The first kappa shape index (κ1) is 15.3. The van der Waals surface area contributed by atoms with Gasteiger partial charge in [-0.3, -0.25) is 0 Å². The highest BCUT2D eigenvalue weighted by Crippen LogP contribution is 2.21. The molecule has 1 saturated carbocycles. The Bertz CT molecular complexity index is 241. The van der Waals surface area contributed by atoms with Crippen LogP contribution in [0.25, 0.3) is 0 Å². The molecular formula is C16H32N2O. The van der Waals surface area contributed by atoms with Crippen LogP contribution >= 0.6 is 0 Å². The summed E-state index contributed by atoms with van der Waals surface area (Å²) in [6, 6.07) is 0.626. The summed E-state index contributed by atoms with van der Waals surface area (Å²) in [5, 5.41) is 3.67. The number of ether oxygens (including phenoxy) is 1. The first-order chi connectivity index (χ1) is 9.29. The molecule has 1 saturated heterocycles. The predicted molar refractivity (Wildman–Crippen MR) is 80.5 cm³/mol. The van der Waals surface area contributed by atoms with Gasteiger partial charge in [0.15, 0.2) is 0 Å². The number of hydrogen-bond donors (Lipinski definition) is 1. The van der Waals surface area contributed by atoms with E-state index in [1.54, 1.807) is 0 Å². The SMILES string of the molecule is CCN1CCCC(C(C)NCCOC2CCCC2)C1. The molecule has 0 radical (unpaired) electrons. The van der Waals surface area contributed by atoms with E-state index in [1.165, 1.54) is 58.2 Å². The van der Waals surface area contributed by atoms with E-state index in [2.05, 4.69) is 24.1 Å². The second-order valence-electron chi connectivity index (χ2n) is 6.32. The molecular weight excluding hydrogens is 236 g/mol. The lowest BCUT2D eigenvalue weighted by Gasteiger charge is -2.35. The molecule has 112 valence electrons. The standard InChI is InChI=1S/C16H32N2O/c1-3-18-11-6-7-15(13-18)14(2)17-10-12-19-16-8-4-5-9-16/h14-17H,3-13H2,1-2H3. The van der Waals surface area contributed by atoms with E-state index in [4.69, 9.17) is 4.74 Å². The highest BCUT2D eigenvalue weighted by Gasteiger charge is 2.23. The third-order valence-corrected chi connectivity index (χ3v) is 4.92. The van der Waals surface area contributed by atoms with E-state index in [0.29, 0.717) is 12.1 Å². The number of nitrogens with one attached hydrogen (secondary N) is 1. The number of nitrogens with zero attached hydrogens (tertiary/aromatic N) is 1. The van der Waals surface area contributed by atoms with Crippen LogP contribution in [0.5, 0.6) is 0 Å². The quantitative estimate of drug-likeness (QED) is 0.718. The molecule has 2 rings (SSSR count). The van der Waals surface area contributed by atoms with Crippen LogP contribution in [0, 0.1) is 5.92 Å². The van der Waals surface area contributed by atoms with Crippen LogP contribution < -0.4 is 5.32 Å².